The largest absolute Gasteiger partial charge is 0.379 e. The second-order valence-corrected chi connectivity index (χ2v) is 5.13. The first-order valence-electron chi connectivity index (χ1n) is 6.87. The maximum Gasteiger partial charge on any atom is 0.204 e. The number of morpholine rings is 1. The quantitative estimate of drug-likeness (QED) is 0.730. The number of aromatic nitrogens is 2. The molecule has 1 N–H and O–H groups in total. The van der Waals surface area contributed by atoms with Crippen LogP contribution in [0.5, 0.6) is 0 Å². The fraction of sp³-hybridized carbons (Fsp3) is 0.769. The van der Waals surface area contributed by atoms with Crippen molar-refractivity contribution in [1.82, 2.24) is 19.8 Å². The Bertz CT molecular complexity index is 384. The second kappa shape index (κ2) is 6.88. The van der Waals surface area contributed by atoms with Gasteiger partial charge >= 0.3 is 0 Å². The molecule has 1 aromatic heterocycles. The van der Waals surface area contributed by atoms with Gasteiger partial charge in [-0.2, -0.15) is 0 Å². The number of hydrogen-bond acceptors (Lipinski definition) is 5. The smallest absolute Gasteiger partial charge is 0.204 e. The lowest BCUT2D eigenvalue weighted by Gasteiger charge is -2.26. The average Bonchev–Trinajstić information content (AvgIpc) is 2.77. The molecule has 0 aromatic carbocycles. The first-order chi connectivity index (χ1) is 9.18. The number of nitrogens with one attached hydrogen (secondary N) is 1. The van der Waals surface area contributed by atoms with Crippen molar-refractivity contribution >= 4 is 5.95 Å². The molecule has 1 fully saturated rings. The fourth-order valence-electron chi connectivity index (χ4n) is 2.29. The highest BCUT2D eigenvalue weighted by molar-refractivity contribution is 5.30. The minimum absolute atomic E-state index is 0.863. The van der Waals surface area contributed by atoms with Crippen molar-refractivity contribution in [2.75, 3.05) is 58.4 Å². The molecule has 0 unspecified atom stereocenters. The van der Waals surface area contributed by atoms with Crippen LogP contribution in [-0.4, -0.2) is 67.9 Å². The highest BCUT2D eigenvalue weighted by Gasteiger charge is 2.10. The van der Waals surface area contributed by atoms with Crippen molar-refractivity contribution in [2.45, 2.75) is 6.54 Å². The highest BCUT2D eigenvalue weighted by atomic mass is 16.5. The summed E-state index contributed by atoms with van der Waals surface area (Å²) in [5, 5.41) is 3.48. The Morgan fingerprint density at radius 3 is 2.74 bits per heavy atom. The van der Waals surface area contributed by atoms with E-state index in [-0.39, 0.29) is 0 Å². The summed E-state index contributed by atoms with van der Waals surface area (Å²) in [5.41, 5.74) is 1.21. The minimum Gasteiger partial charge on any atom is -0.379 e. The fourth-order valence-corrected chi connectivity index (χ4v) is 2.29. The van der Waals surface area contributed by atoms with Gasteiger partial charge in [0.1, 0.15) is 0 Å². The standard InChI is InChI=1S/C13H25N5O/c1-16(2)13-15-11-12(17(13)3)10-14-4-5-18-6-8-19-9-7-18/h11,14H,4-10H2,1-3H3. The monoisotopic (exact) mass is 267 g/mol. The lowest BCUT2D eigenvalue weighted by atomic mass is 10.4. The number of nitrogens with zero attached hydrogens (tertiary/aromatic N) is 4. The molecule has 1 aliphatic heterocycles. The van der Waals surface area contributed by atoms with E-state index >= 15 is 0 Å². The Morgan fingerprint density at radius 1 is 1.37 bits per heavy atom. The van der Waals surface area contributed by atoms with Gasteiger partial charge in [0.2, 0.25) is 5.95 Å². The van der Waals surface area contributed by atoms with Crippen LogP contribution in [0.25, 0.3) is 0 Å². The average molecular weight is 267 g/mol. The normalized spacial score (nSPS) is 16.8. The SMILES string of the molecule is CN(C)c1ncc(CNCCN2CCOCC2)n1C. The lowest BCUT2D eigenvalue weighted by Crippen LogP contribution is -2.40. The predicted octanol–water partition coefficient (Wildman–Crippen LogP) is -0.0921. The molecule has 0 amide bonds. The predicted molar refractivity (Wildman–Crippen MR) is 76.5 cm³/mol. The van der Waals surface area contributed by atoms with E-state index in [1.54, 1.807) is 0 Å². The van der Waals surface area contributed by atoms with Crippen LogP contribution in [-0.2, 0) is 18.3 Å². The highest BCUT2D eigenvalue weighted by Crippen LogP contribution is 2.10. The van der Waals surface area contributed by atoms with E-state index < -0.39 is 0 Å². The lowest BCUT2D eigenvalue weighted by molar-refractivity contribution is 0.0384. The van der Waals surface area contributed by atoms with Crippen molar-refractivity contribution in [2.24, 2.45) is 7.05 Å². The zero-order valence-corrected chi connectivity index (χ0v) is 12.2. The molecular formula is C13H25N5O. The number of rotatable bonds is 6. The topological polar surface area (TPSA) is 45.6 Å². The van der Waals surface area contributed by atoms with Gasteiger partial charge in [0.25, 0.3) is 0 Å². The third-order valence-electron chi connectivity index (χ3n) is 3.47. The summed E-state index contributed by atoms with van der Waals surface area (Å²) in [4.78, 5) is 8.87. The molecule has 1 saturated heterocycles. The molecule has 2 heterocycles. The molecule has 2 rings (SSSR count). The Morgan fingerprint density at radius 2 is 2.11 bits per heavy atom. The molecule has 0 spiro atoms. The van der Waals surface area contributed by atoms with Crippen LogP contribution < -0.4 is 10.2 Å². The van der Waals surface area contributed by atoms with Crippen LogP contribution in [0.2, 0.25) is 0 Å². The maximum atomic E-state index is 5.34. The molecule has 1 aliphatic rings. The van der Waals surface area contributed by atoms with Gasteiger partial charge in [-0.1, -0.05) is 0 Å². The van der Waals surface area contributed by atoms with E-state index in [1.165, 1.54) is 5.69 Å². The molecule has 1 aromatic rings. The third kappa shape index (κ3) is 3.92. The zero-order valence-electron chi connectivity index (χ0n) is 12.2. The molecule has 19 heavy (non-hydrogen) atoms. The summed E-state index contributed by atoms with van der Waals surface area (Å²) in [5.74, 6) is 0.991. The van der Waals surface area contributed by atoms with E-state index in [0.29, 0.717) is 0 Å². The summed E-state index contributed by atoms with van der Waals surface area (Å²) >= 11 is 0. The van der Waals surface area contributed by atoms with Crippen LogP contribution in [0.1, 0.15) is 5.69 Å². The van der Waals surface area contributed by atoms with Gasteiger partial charge in [0, 0.05) is 53.9 Å². The third-order valence-corrected chi connectivity index (χ3v) is 3.47. The van der Waals surface area contributed by atoms with E-state index in [4.69, 9.17) is 4.74 Å². The van der Waals surface area contributed by atoms with Gasteiger partial charge in [0.15, 0.2) is 0 Å². The van der Waals surface area contributed by atoms with Crippen LogP contribution in [0, 0.1) is 0 Å². The Balaban J connectivity index is 1.70. The summed E-state index contributed by atoms with van der Waals surface area (Å²) in [6, 6.07) is 0. The minimum atomic E-state index is 0.863. The molecule has 6 heteroatoms. The maximum absolute atomic E-state index is 5.34. The van der Waals surface area contributed by atoms with Gasteiger partial charge < -0.3 is 19.5 Å². The molecular weight excluding hydrogens is 242 g/mol. The molecule has 0 aliphatic carbocycles. The Hall–Kier alpha value is -1.11. The number of imidazole rings is 1. The number of ether oxygens (including phenoxy) is 1. The van der Waals surface area contributed by atoms with Gasteiger partial charge in [0.05, 0.1) is 25.1 Å². The van der Waals surface area contributed by atoms with Gasteiger partial charge in [-0.3, -0.25) is 4.90 Å². The van der Waals surface area contributed by atoms with Crippen molar-refractivity contribution in [3.05, 3.63) is 11.9 Å². The van der Waals surface area contributed by atoms with Crippen molar-refractivity contribution in [1.29, 1.82) is 0 Å². The van der Waals surface area contributed by atoms with Crippen molar-refractivity contribution in [3.63, 3.8) is 0 Å². The summed E-state index contributed by atoms with van der Waals surface area (Å²) in [7, 11) is 6.08. The second-order valence-electron chi connectivity index (χ2n) is 5.13. The summed E-state index contributed by atoms with van der Waals surface area (Å²) in [6.45, 7) is 6.80. The first kappa shape index (κ1) is 14.3. The first-order valence-corrected chi connectivity index (χ1v) is 6.87. The van der Waals surface area contributed by atoms with Crippen LogP contribution in [0.3, 0.4) is 0 Å². The van der Waals surface area contributed by atoms with Gasteiger partial charge in [-0.25, -0.2) is 4.98 Å². The molecule has 0 saturated carbocycles. The van der Waals surface area contributed by atoms with Crippen LogP contribution in [0.15, 0.2) is 6.20 Å². The Labute approximate surface area is 115 Å². The van der Waals surface area contributed by atoms with Gasteiger partial charge in [-0.15, -0.1) is 0 Å². The van der Waals surface area contributed by atoms with E-state index in [0.717, 1.165) is 51.9 Å². The van der Waals surface area contributed by atoms with Crippen molar-refractivity contribution < 1.29 is 4.74 Å². The van der Waals surface area contributed by atoms with E-state index in [9.17, 15) is 0 Å². The molecule has 0 bridgehead atoms. The number of anilines is 1. The molecule has 0 radical (unpaired) electrons. The summed E-state index contributed by atoms with van der Waals surface area (Å²) < 4.78 is 7.46. The Kier molecular flexibility index (Phi) is 5.18. The van der Waals surface area contributed by atoms with Crippen molar-refractivity contribution in [3.8, 4) is 0 Å². The molecule has 0 atom stereocenters. The van der Waals surface area contributed by atoms with Gasteiger partial charge in [-0.05, 0) is 0 Å². The molecule has 108 valence electrons. The van der Waals surface area contributed by atoms with E-state index in [2.05, 4.69) is 26.8 Å². The number of hydrogen-bond donors (Lipinski definition) is 1. The molecule has 6 nitrogen and oxygen atoms in total. The van der Waals surface area contributed by atoms with Crippen LogP contribution in [0.4, 0.5) is 5.95 Å². The summed E-state index contributed by atoms with van der Waals surface area (Å²) in [6.07, 6.45) is 1.94. The van der Waals surface area contributed by atoms with Crippen LogP contribution >= 0.6 is 0 Å². The van der Waals surface area contributed by atoms with E-state index in [1.807, 2.05) is 25.2 Å². The zero-order chi connectivity index (χ0) is 13.7.